The summed E-state index contributed by atoms with van der Waals surface area (Å²) in [6, 6.07) is 6.16. The molecule has 2 aliphatic carbocycles. The zero-order valence-corrected chi connectivity index (χ0v) is 10.5. The van der Waals surface area contributed by atoms with Crippen LogP contribution in [0, 0.1) is 22.0 Å². The Morgan fingerprint density at radius 3 is 2.79 bits per heavy atom. The molecule has 3 atom stereocenters. The van der Waals surface area contributed by atoms with E-state index in [1.807, 2.05) is 0 Å². The molecule has 0 saturated heterocycles. The summed E-state index contributed by atoms with van der Waals surface area (Å²) < 4.78 is 0. The molecule has 0 heterocycles. The van der Waals surface area contributed by atoms with Crippen molar-refractivity contribution in [2.24, 2.45) is 11.8 Å². The number of carbonyl (C=O) groups is 1. The van der Waals surface area contributed by atoms with E-state index in [0.29, 0.717) is 11.5 Å². The lowest BCUT2D eigenvalue weighted by molar-refractivity contribution is -0.384. The lowest BCUT2D eigenvalue weighted by Crippen LogP contribution is -2.38. The molecule has 0 spiro atoms. The third kappa shape index (κ3) is 2.32. The number of amides is 1. The van der Waals surface area contributed by atoms with E-state index in [-0.39, 0.29) is 17.6 Å². The molecule has 5 nitrogen and oxygen atoms in total. The monoisotopic (exact) mass is 260 g/mol. The van der Waals surface area contributed by atoms with Gasteiger partial charge in [0.1, 0.15) is 0 Å². The number of nitro benzene ring substituents is 1. The van der Waals surface area contributed by atoms with E-state index in [0.717, 1.165) is 12.3 Å². The Morgan fingerprint density at radius 2 is 2.16 bits per heavy atom. The van der Waals surface area contributed by atoms with Crippen LogP contribution in [-0.2, 0) is 0 Å². The standard InChI is InChI=1S/C14H16N2O3/c17-14(11-2-1-3-12(8-11)16(18)19)15-13-7-9-4-5-10(13)6-9/h1-3,8-10,13H,4-7H2,(H,15,17)/t9-,10+,13-/m0/s1. The van der Waals surface area contributed by atoms with Crippen molar-refractivity contribution < 1.29 is 9.72 Å². The van der Waals surface area contributed by atoms with Gasteiger partial charge >= 0.3 is 0 Å². The Labute approximate surface area is 111 Å². The smallest absolute Gasteiger partial charge is 0.270 e. The van der Waals surface area contributed by atoms with E-state index in [9.17, 15) is 14.9 Å². The fourth-order valence-corrected chi connectivity index (χ4v) is 3.43. The molecule has 0 aliphatic heterocycles. The summed E-state index contributed by atoms with van der Waals surface area (Å²) in [6.07, 6.45) is 4.77. The van der Waals surface area contributed by atoms with Crippen LogP contribution in [0.15, 0.2) is 24.3 Å². The number of rotatable bonds is 3. The quantitative estimate of drug-likeness (QED) is 0.670. The zero-order valence-electron chi connectivity index (χ0n) is 10.5. The van der Waals surface area contributed by atoms with Crippen LogP contribution in [0.2, 0.25) is 0 Å². The van der Waals surface area contributed by atoms with Gasteiger partial charge in [-0.05, 0) is 37.2 Å². The van der Waals surface area contributed by atoms with Crippen molar-refractivity contribution in [1.29, 1.82) is 0 Å². The Bertz CT molecular complexity index is 529. The fourth-order valence-electron chi connectivity index (χ4n) is 3.43. The van der Waals surface area contributed by atoms with Crippen LogP contribution in [0.25, 0.3) is 0 Å². The topological polar surface area (TPSA) is 72.2 Å². The second-order valence-corrected chi connectivity index (χ2v) is 5.56. The first kappa shape index (κ1) is 12.1. The van der Waals surface area contributed by atoms with Crippen LogP contribution in [0.1, 0.15) is 36.0 Å². The molecule has 100 valence electrons. The summed E-state index contributed by atoms with van der Waals surface area (Å²) >= 11 is 0. The van der Waals surface area contributed by atoms with Crippen LogP contribution >= 0.6 is 0 Å². The van der Waals surface area contributed by atoms with Gasteiger partial charge in [0.25, 0.3) is 11.6 Å². The largest absolute Gasteiger partial charge is 0.349 e. The number of benzene rings is 1. The van der Waals surface area contributed by atoms with Crippen molar-refractivity contribution in [3.63, 3.8) is 0 Å². The third-order valence-electron chi connectivity index (χ3n) is 4.37. The highest BCUT2D eigenvalue weighted by molar-refractivity contribution is 5.95. The molecule has 2 aliphatic rings. The van der Waals surface area contributed by atoms with Crippen LogP contribution in [0.5, 0.6) is 0 Å². The van der Waals surface area contributed by atoms with Gasteiger partial charge in [0.2, 0.25) is 0 Å². The maximum atomic E-state index is 12.1. The summed E-state index contributed by atoms with van der Waals surface area (Å²) in [5, 5.41) is 13.7. The summed E-state index contributed by atoms with van der Waals surface area (Å²) in [6.45, 7) is 0. The predicted molar refractivity (Wildman–Crippen MR) is 69.8 cm³/mol. The van der Waals surface area contributed by atoms with Crippen molar-refractivity contribution in [2.75, 3.05) is 0 Å². The van der Waals surface area contributed by atoms with Gasteiger partial charge < -0.3 is 5.32 Å². The summed E-state index contributed by atoms with van der Waals surface area (Å²) in [4.78, 5) is 22.3. The molecule has 2 bridgehead atoms. The normalized spacial score (nSPS) is 28.3. The Morgan fingerprint density at radius 1 is 1.32 bits per heavy atom. The van der Waals surface area contributed by atoms with E-state index in [1.165, 1.54) is 31.4 Å². The van der Waals surface area contributed by atoms with Gasteiger partial charge in [-0.1, -0.05) is 12.5 Å². The average Bonchev–Trinajstić information content (AvgIpc) is 3.01. The van der Waals surface area contributed by atoms with Crippen LogP contribution < -0.4 is 5.32 Å². The van der Waals surface area contributed by atoms with E-state index in [4.69, 9.17) is 0 Å². The second-order valence-electron chi connectivity index (χ2n) is 5.56. The highest BCUT2D eigenvalue weighted by atomic mass is 16.6. The Hall–Kier alpha value is -1.91. The minimum Gasteiger partial charge on any atom is -0.349 e. The molecule has 3 rings (SSSR count). The van der Waals surface area contributed by atoms with Crippen LogP contribution in [0.3, 0.4) is 0 Å². The molecule has 1 aromatic rings. The highest BCUT2D eigenvalue weighted by Gasteiger charge is 2.40. The van der Waals surface area contributed by atoms with Gasteiger partial charge in [0.15, 0.2) is 0 Å². The van der Waals surface area contributed by atoms with Crippen molar-refractivity contribution >= 4 is 11.6 Å². The van der Waals surface area contributed by atoms with E-state index in [2.05, 4.69) is 5.32 Å². The van der Waals surface area contributed by atoms with Gasteiger partial charge in [0.05, 0.1) is 4.92 Å². The van der Waals surface area contributed by atoms with Gasteiger partial charge in [-0.2, -0.15) is 0 Å². The molecule has 0 aromatic heterocycles. The highest BCUT2D eigenvalue weighted by Crippen LogP contribution is 2.44. The first-order valence-corrected chi connectivity index (χ1v) is 6.69. The molecule has 1 aromatic carbocycles. The molecule has 2 saturated carbocycles. The Kier molecular flexibility index (Phi) is 2.97. The molecule has 1 N–H and O–H groups in total. The van der Waals surface area contributed by atoms with Crippen LogP contribution in [-0.4, -0.2) is 16.9 Å². The minimum absolute atomic E-state index is 0.0411. The molecular formula is C14H16N2O3. The van der Waals surface area contributed by atoms with Gasteiger partial charge in [-0.15, -0.1) is 0 Å². The number of nitrogens with one attached hydrogen (secondary N) is 1. The van der Waals surface area contributed by atoms with Gasteiger partial charge in [0, 0.05) is 23.7 Å². The molecule has 2 fully saturated rings. The first-order chi connectivity index (χ1) is 9.13. The molecule has 1 amide bonds. The SMILES string of the molecule is O=C(N[C@H]1C[C@H]2CC[C@@H]1C2)c1cccc([N+](=O)[O-])c1. The number of carbonyl (C=O) groups excluding carboxylic acids is 1. The summed E-state index contributed by atoms with van der Waals surface area (Å²) in [7, 11) is 0. The average molecular weight is 260 g/mol. The molecule has 0 radical (unpaired) electrons. The Balaban J connectivity index is 1.70. The number of hydrogen-bond acceptors (Lipinski definition) is 3. The first-order valence-electron chi connectivity index (χ1n) is 6.69. The molecule has 19 heavy (non-hydrogen) atoms. The lowest BCUT2D eigenvalue weighted by Gasteiger charge is -2.22. The maximum absolute atomic E-state index is 12.1. The number of nitro groups is 1. The number of hydrogen-bond donors (Lipinski definition) is 1. The van der Waals surface area contributed by atoms with E-state index >= 15 is 0 Å². The second kappa shape index (κ2) is 4.64. The molecule has 0 unspecified atom stereocenters. The van der Waals surface area contributed by atoms with E-state index < -0.39 is 4.92 Å². The summed E-state index contributed by atoms with van der Waals surface area (Å²) in [5.74, 6) is 1.18. The van der Waals surface area contributed by atoms with Crippen molar-refractivity contribution in [1.82, 2.24) is 5.32 Å². The number of nitrogens with zero attached hydrogens (tertiary/aromatic N) is 1. The zero-order chi connectivity index (χ0) is 13.4. The predicted octanol–water partition coefficient (Wildman–Crippen LogP) is 2.51. The van der Waals surface area contributed by atoms with Crippen molar-refractivity contribution in [3.05, 3.63) is 39.9 Å². The van der Waals surface area contributed by atoms with Crippen molar-refractivity contribution in [3.8, 4) is 0 Å². The molecule has 5 heteroatoms. The van der Waals surface area contributed by atoms with Gasteiger partial charge in [-0.3, -0.25) is 14.9 Å². The maximum Gasteiger partial charge on any atom is 0.270 e. The van der Waals surface area contributed by atoms with E-state index in [1.54, 1.807) is 12.1 Å². The molecular weight excluding hydrogens is 244 g/mol. The lowest BCUT2D eigenvalue weighted by atomic mass is 9.95. The number of fused-ring (bicyclic) bond motifs is 2. The van der Waals surface area contributed by atoms with Crippen LogP contribution in [0.4, 0.5) is 5.69 Å². The van der Waals surface area contributed by atoms with Crippen molar-refractivity contribution in [2.45, 2.75) is 31.7 Å². The fraction of sp³-hybridized carbons (Fsp3) is 0.500. The third-order valence-corrected chi connectivity index (χ3v) is 4.37. The minimum atomic E-state index is -0.478. The number of non-ortho nitro benzene ring substituents is 1. The summed E-state index contributed by atoms with van der Waals surface area (Å²) in [5.41, 5.74) is 0.331. The van der Waals surface area contributed by atoms with Gasteiger partial charge in [-0.25, -0.2) is 0 Å².